The monoisotopic (exact) mass is 253 g/mol. The van der Waals surface area contributed by atoms with E-state index in [-0.39, 0.29) is 17.7 Å². The van der Waals surface area contributed by atoms with E-state index in [1.165, 1.54) is 6.07 Å². The number of halogens is 1. The molecule has 92 valence electrons. The summed E-state index contributed by atoms with van der Waals surface area (Å²) in [6.45, 7) is 4.92. The van der Waals surface area contributed by atoms with Crippen molar-refractivity contribution in [1.82, 2.24) is 4.90 Å². The van der Waals surface area contributed by atoms with Gasteiger partial charge in [0, 0.05) is 17.6 Å². The van der Waals surface area contributed by atoms with Crippen LogP contribution in [-0.4, -0.2) is 28.5 Å². The van der Waals surface area contributed by atoms with E-state index in [9.17, 15) is 9.90 Å². The number of phenolic OH excluding ortho intramolecular Hbond substituents is 1. The van der Waals surface area contributed by atoms with Crippen molar-refractivity contribution in [3.8, 4) is 5.75 Å². The van der Waals surface area contributed by atoms with Crippen LogP contribution in [0.25, 0.3) is 0 Å². The number of rotatable bonds is 1. The van der Waals surface area contributed by atoms with Crippen LogP contribution in [0.1, 0.15) is 30.6 Å². The van der Waals surface area contributed by atoms with Gasteiger partial charge in [-0.25, -0.2) is 0 Å². The average Bonchev–Trinajstić information content (AvgIpc) is 2.57. The van der Waals surface area contributed by atoms with Crippen molar-refractivity contribution in [2.45, 2.75) is 26.3 Å². The van der Waals surface area contributed by atoms with Gasteiger partial charge in [-0.1, -0.05) is 18.5 Å². The van der Waals surface area contributed by atoms with Gasteiger partial charge in [-0.2, -0.15) is 0 Å². The van der Waals surface area contributed by atoms with E-state index < -0.39 is 0 Å². The van der Waals surface area contributed by atoms with Crippen molar-refractivity contribution in [2.75, 3.05) is 6.54 Å². The molecule has 0 aromatic heterocycles. The van der Waals surface area contributed by atoms with Crippen LogP contribution in [0.5, 0.6) is 5.75 Å². The molecule has 0 aliphatic carbocycles. The highest BCUT2D eigenvalue weighted by atomic mass is 35.5. The number of amides is 1. The molecule has 0 saturated carbocycles. The van der Waals surface area contributed by atoms with Gasteiger partial charge in [-0.3, -0.25) is 4.79 Å². The second-order valence-corrected chi connectivity index (χ2v) is 5.25. The maximum absolute atomic E-state index is 12.3. The molecule has 17 heavy (non-hydrogen) atoms. The van der Waals surface area contributed by atoms with Gasteiger partial charge in [0.2, 0.25) is 0 Å². The molecule has 1 aromatic rings. The van der Waals surface area contributed by atoms with Gasteiger partial charge in [0.25, 0.3) is 5.91 Å². The zero-order valence-corrected chi connectivity index (χ0v) is 10.7. The summed E-state index contributed by atoms with van der Waals surface area (Å²) >= 11 is 5.75. The minimum atomic E-state index is -0.115. The van der Waals surface area contributed by atoms with Crippen molar-refractivity contribution in [2.24, 2.45) is 5.92 Å². The number of likely N-dealkylation sites (tertiary alicyclic amines) is 1. The Morgan fingerprint density at radius 2 is 2.18 bits per heavy atom. The number of carbonyl (C=O) groups excluding carboxylic acids is 1. The SMILES string of the molecule is CC1CC(C)N(C(=O)c2ccc(Cl)cc2O)C1. The highest BCUT2D eigenvalue weighted by Crippen LogP contribution is 2.28. The molecule has 1 aliphatic heterocycles. The van der Waals surface area contributed by atoms with Crippen LogP contribution in [0.3, 0.4) is 0 Å². The molecule has 1 heterocycles. The number of hydrogen-bond donors (Lipinski definition) is 1. The quantitative estimate of drug-likeness (QED) is 0.836. The largest absolute Gasteiger partial charge is 0.507 e. The first kappa shape index (κ1) is 12.2. The van der Waals surface area contributed by atoms with E-state index >= 15 is 0 Å². The molecule has 1 fully saturated rings. The van der Waals surface area contributed by atoms with Crippen LogP contribution in [0.2, 0.25) is 5.02 Å². The van der Waals surface area contributed by atoms with E-state index in [2.05, 4.69) is 6.92 Å². The maximum atomic E-state index is 12.3. The smallest absolute Gasteiger partial charge is 0.257 e. The molecule has 1 aliphatic rings. The van der Waals surface area contributed by atoms with Gasteiger partial charge in [0.05, 0.1) is 5.56 Å². The summed E-state index contributed by atoms with van der Waals surface area (Å²) < 4.78 is 0. The van der Waals surface area contributed by atoms with Gasteiger partial charge in [-0.15, -0.1) is 0 Å². The van der Waals surface area contributed by atoms with Gasteiger partial charge in [-0.05, 0) is 37.5 Å². The molecular formula is C13H16ClNO2. The third-order valence-corrected chi connectivity index (χ3v) is 3.47. The first-order valence-electron chi connectivity index (χ1n) is 5.78. The molecule has 1 amide bonds. The predicted octanol–water partition coefficient (Wildman–Crippen LogP) is 2.92. The van der Waals surface area contributed by atoms with Crippen molar-refractivity contribution in [1.29, 1.82) is 0 Å². The fraction of sp³-hybridized carbons (Fsp3) is 0.462. The van der Waals surface area contributed by atoms with Crippen molar-refractivity contribution >= 4 is 17.5 Å². The molecule has 4 heteroatoms. The zero-order chi connectivity index (χ0) is 12.6. The Hall–Kier alpha value is -1.22. The highest BCUT2D eigenvalue weighted by molar-refractivity contribution is 6.30. The van der Waals surface area contributed by atoms with Crippen molar-refractivity contribution in [3.05, 3.63) is 28.8 Å². The van der Waals surface area contributed by atoms with Crippen LogP contribution >= 0.6 is 11.6 Å². The summed E-state index contributed by atoms with van der Waals surface area (Å²) in [6, 6.07) is 4.83. The third kappa shape index (κ3) is 2.39. The first-order chi connectivity index (χ1) is 7.99. The first-order valence-corrected chi connectivity index (χ1v) is 6.16. The Labute approximate surface area is 106 Å². The lowest BCUT2D eigenvalue weighted by atomic mass is 10.1. The van der Waals surface area contributed by atoms with Crippen molar-refractivity contribution < 1.29 is 9.90 Å². The molecule has 2 unspecified atom stereocenters. The molecule has 1 N–H and O–H groups in total. The van der Waals surface area contributed by atoms with E-state index in [0.717, 1.165) is 13.0 Å². The Morgan fingerprint density at radius 1 is 1.47 bits per heavy atom. The minimum Gasteiger partial charge on any atom is -0.507 e. The number of aromatic hydroxyl groups is 1. The Kier molecular flexibility index (Phi) is 3.29. The van der Waals surface area contributed by atoms with Gasteiger partial charge >= 0.3 is 0 Å². The topological polar surface area (TPSA) is 40.5 Å². The number of carbonyl (C=O) groups is 1. The normalized spacial score (nSPS) is 24.1. The number of nitrogens with zero attached hydrogens (tertiary/aromatic N) is 1. The summed E-state index contributed by atoms with van der Waals surface area (Å²) in [5.41, 5.74) is 0.329. The Morgan fingerprint density at radius 3 is 2.71 bits per heavy atom. The summed E-state index contributed by atoms with van der Waals surface area (Å²) in [5.74, 6) is 0.355. The molecule has 1 aromatic carbocycles. The lowest BCUT2D eigenvalue weighted by Gasteiger charge is -2.22. The molecule has 2 rings (SSSR count). The molecule has 3 nitrogen and oxygen atoms in total. The van der Waals surface area contributed by atoms with Gasteiger partial charge in [0.1, 0.15) is 5.75 Å². The van der Waals surface area contributed by atoms with E-state index in [1.54, 1.807) is 12.1 Å². The van der Waals surface area contributed by atoms with Crippen LogP contribution in [0, 0.1) is 5.92 Å². The molecule has 0 spiro atoms. The average molecular weight is 254 g/mol. The van der Waals surface area contributed by atoms with E-state index in [0.29, 0.717) is 16.5 Å². The summed E-state index contributed by atoms with van der Waals surface area (Å²) in [5, 5.41) is 10.2. The van der Waals surface area contributed by atoms with Crippen LogP contribution in [0.15, 0.2) is 18.2 Å². The van der Waals surface area contributed by atoms with Gasteiger partial charge in [0.15, 0.2) is 0 Å². The van der Waals surface area contributed by atoms with E-state index in [4.69, 9.17) is 11.6 Å². The Balaban J connectivity index is 2.25. The molecule has 0 bridgehead atoms. The summed E-state index contributed by atoms with van der Waals surface area (Å²) in [6.07, 6.45) is 1.01. The summed E-state index contributed by atoms with van der Waals surface area (Å²) in [4.78, 5) is 14.1. The summed E-state index contributed by atoms with van der Waals surface area (Å²) in [7, 11) is 0. The number of hydrogen-bond acceptors (Lipinski definition) is 2. The van der Waals surface area contributed by atoms with E-state index in [1.807, 2.05) is 11.8 Å². The number of phenols is 1. The molecular weight excluding hydrogens is 238 g/mol. The maximum Gasteiger partial charge on any atom is 0.257 e. The third-order valence-electron chi connectivity index (χ3n) is 3.23. The molecule has 2 atom stereocenters. The number of benzene rings is 1. The lowest BCUT2D eigenvalue weighted by molar-refractivity contribution is 0.0741. The highest BCUT2D eigenvalue weighted by Gasteiger charge is 2.31. The standard InChI is InChI=1S/C13H16ClNO2/c1-8-5-9(2)15(7-8)13(17)11-4-3-10(14)6-12(11)16/h3-4,6,8-9,16H,5,7H2,1-2H3. The fourth-order valence-electron chi connectivity index (χ4n) is 2.42. The zero-order valence-electron chi connectivity index (χ0n) is 9.98. The van der Waals surface area contributed by atoms with Crippen molar-refractivity contribution in [3.63, 3.8) is 0 Å². The molecule has 1 saturated heterocycles. The fourth-order valence-corrected chi connectivity index (χ4v) is 2.59. The second kappa shape index (κ2) is 4.57. The second-order valence-electron chi connectivity index (χ2n) is 4.81. The van der Waals surface area contributed by atoms with Crippen LogP contribution in [-0.2, 0) is 0 Å². The molecule has 0 radical (unpaired) electrons. The van der Waals surface area contributed by atoms with Gasteiger partial charge < -0.3 is 10.0 Å². The Bertz CT molecular complexity index is 447. The minimum absolute atomic E-state index is 0.0470. The van der Waals surface area contributed by atoms with Crippen LogP contribution < -0.4 is 0 Å². The predicted molar refractivity (Wildman–Crippen MR) is 67.4 cm³/mol. The lowest BCUT2D eigenvalue weighted by Crippen LogP contribution is -2.33. The van der Waals surface area contributed by atoms with Crippen LogP contribution in [0.4, 0.5) is 0 Å².